The van der Waals surface area contributed by atoms with Crippen LogP contribution in [0, 0.1) is 6.92 Å². The molecule has 0 saturated heterocycles. The van der Waals surface area contributed by atoms with Crippen LogP contribution in [0.15, 0.2) is 102 Å². The Balaban J connectivity index is 1.59. The van der Waals surface area contributed by atoms with Crippen LogP contribution in [0.1, 0.15) is 5.56 Å². The van der Waals surface area contributed by atoms with E-state index in [2.05, 4.69) is 110 Å². The van der Waals surface area contributed by atoms with Gasteiger partial charge in [-0.1, -0.05) is 54.6 Å². The number of nitrogens with zero attached hydrogens (tertiary/aromatic N) is 1. The molecule has 2 aromatic heterocycles. The van der Waals surface area contributed by atoms with Gasteiger partial charge in [0.15, 0.2) is 6.20 Å². The van der Waals surface area contributed by atoms with Crippen molar-refractivity contribution in [3.8, 4) is 22.4 Å². The third kappa shape index (κ3) is 2.83. The summed E-state index contributed by atoms with van der Waals surface area (Å²) in [6.45, 7) is 2.15. The molecule has 2 heterocycles. The fourth-order valence-electron chi connectivity index (χ4n) is 4.59. The minimum Gasteiger partial charge on any atom is -0.455 e. The zero-order chi connectivity index (χ0) is 20.9. The molecule has 0 bridgehead atoms. The topological polar surface area (TPSA) is 17.0 Å². The van der Waals surface area contributed by atoms with Crippen LogP contribution in [0.5, 0.6) is 0 Å². The van der Waals surface area contributed by atoms with Gasteiger partial charge in [-0.15, -0.1) is 0 Å². The average molecular weight is 401 g/mol. The molecule has 0 unspecified atom stereocenters. The third-order valence-electron chi connectivity index (χ3n) is 6.24. The van der Waals surface area contributed by atoms with Crippen LogP contribution in [0.2, 0.25) is 0 Å². The number of pyridine rings is 1. The van der Waals surface area contributed by atoms with Gasteiger partial charge in [0, 0.05) is 22.9 Å². The summed E-state index contributed by atoms with van der Waals surface area (Å²) in [5.41, 5.74) is 7.81. The van der Waals surface area contributed by atoms with Gasteiger partial charge >= 0.3 is 0 Å². The Hall–Kier alpha value is -3.91. The van der Waals surface area contributed by atoms with Crippen molar-refractivity contribution < 1.29 is 8.98 Å². The molecule has 4 aromatic carbocycles. The van der Waals surface area contributed by atoms with Crippen molar-refractivity contribution in [3.05, 3.63) is 103 Å². The highest BCUT2D eigenvalue weighted by molar-refractivity contribution is 6.10. The van der Waals surface area contributed by atoms with Crippen LogP contribution in [0.3, 0.4) is 0 Å². The predicted molar refractivity (Wildman–Crippen MR) is 128 cm³/mol. The van der Waals surface area contributed by atoms with Gasteiger partial charge in [0.2, 0.25) is 5.69 Å². The average Bonchev–Trinajstić information content (AvgIpc) is 3.17. The van der Waals surface area contributed by atoms with Gasteiger partial charge in [0.25, 0.3) is 0 Å². The molecule has 0 atom stereocenters. The molecule has 0 aliphatic heterocycles. The number of fused-ring (bicyclic) bond motifs is 4. The van der Waals surface area contributed by atoms with Gasteiger partial charge in [-0.2, -0.15) is 0 Å². The predicted octanol–water partition coefficient (Wildman–Crippen LogP) is 7.21. The van der Waals surface area contributed by atoms with E-state index in [1.165, 1.54) is 27.5 Å². The molecule has 31 heavy (non-hydrogen) atoms. The van der Waals surface area contributed by atoms with E-state index < -0.39 is 0 Å². The van der Waals surface area contributed by atoms with Crippen LogP contribution >= 0.6 is 0 Å². The van der Waals surface area contributed by atoms with Gasteiger partial charge in [-0.25, -0.2) is 4.57 Å². The molecule has 0 fully saturated rings. The van der Waals surface area contributed by atoms with Crippen molar-refractivity contribution in [3.63, 3.8) is 0 Å². The first-order valence-electron chi connectivity index (χ1n) is 10.6. The standard InChI is InChI=1S/C29H22NO/c1-19-10-14-24-25-18-23(22-12-11-20-7-3-4-8-21(20)17-22)13-15-27(25)31-29(24)28(19)26-9-5-6-16-30(26)2/h3-18H,1-2H3/q+1. The number of furan rings is 1. The lowest BCUT2D eigenvalue weighted by atomic mass is 9.98. The lowest BCUT2D eigenvalue weighted by molar-refractivity contribution is -0.660. The van der Waals surface area contributed by atoms with Gasteiger partial charge < -0.3 is 4.42 Å². The van der Waals surface area contributed by atoms with Crippen molar-refractivity contribution in [1.82, 2.24) is 0 Å². The fraction of sp³-hybridized carbons (Fsp3) is 0.0690. The summed E-state index contributed by atoms with van der Waals surface area (Å²) in [5, 5.41) is 4.83. The Morgan fingerprint density at radius 2 is 1.45 bits per heavy atom. The largest absolute Gasteiger partial charge is 0.455 e. The van der Waals surface area contributed by atoms with Crippen molar-refractivity contribution in [2.45, 2.75) is 6.92 Å². The van der Waals surface area contributed by atoms with Gasteiger partial charge in [0.05, 0.1) is 5.56 Å². The quantitative estimate of drug-likeness (QED) is 0.281. The van der Waals surface area contributed by atoms with Crippen LogP contribution in [-0.2, 0) is 7.05 Å². The van der Waals surface area contributed by atoms with Crippen molar-refractivity contribution in [2.75, 3.05) is 0 Å². The smallest absolute Gasteiger partial charge is 0.216 e. The molecule has 0 saturated carbocycles. The van der Waals surface area contributed by atoms with Gasteiger partial charge in [-0.3, -0.25) is 0 Å². The minimum atomic E-state index is 0.921. The molecule has 2 nitrogen and oxygen atoms in total. The van der Waals surface area contributed by atoms with Crippen LogP contribution in [-0.4, -0.2) is 0 Å². The molecule has 6 aromatic rings. The maximum Gasteiger partial charge on any atom is 0.216 e. The van der Waals surface area contributed by atoms with Crippen molar-refractivity contribution in [2.24, 2.45) is 7.05 Å². The molecular formula is C29H22NO+. The summed E-state index contributed by atoms with van der Waals surface area (Å²) >= 11 is 0. The monoisotopic (exact) mass is 400 g/mol. The lowest BCUT2D eigenvalue weighted by Crippen LogP contribution is -2.30. The highest BCUT2D eigenvalue weighted by Gasteiger charge is 2.20. The number of rotatable bonds is 2. The van der Waals surface area contributed by atoms with E-state index in [0.29, 0.717) is 0 Å². The van der Waals surface area contributed by atoms with E-state index in [-0.39, 0.29) is 0 Å². The maximum absolute atomic E-state index is 6.42. The van der Waals surface area contributed by atoms with Gasteiger partial charge in [0.1, 0.15) is 18.2 Å². The molecule has 0 amide bonds. The fourth-order valence-corrected chi connectivity index (χ4v) is 4.59. The highest BCUT2D eigenvalue weighted by Crippen LogP contribution is 2.38. The van der Waals surface area contributed by atoms with E-state index >= 15 is 0 Å². The normalized spacial score (nSPS) is 11.5. The highest BCUT2D eigenvalue weighted by atomic mass is 16.3. The number of hydrogen-bond donors (Lipinski definition) is 0. The summed E-state index contributed by atoms with van der Waals surface area (Å²) < 4.78 is 8.57. The molecule has 2 heteroatoms. The SMILES string of the molecule is Cc1ccc2c(oc3ccc(-c4ccc5ccccc5c4)cc32)c1-c1cccc[n+]1C. The Bertz CT molecular complexity index is 1610. The summed E-state index contributed by atoms with van der Waals surface area (Å²) in [6, 6.07) is 32.3. The molecule has 0 spiro atoms. The minimum absolute atomic E-state index is 0.921. The first-order valence-corrected chi connectivity index (χ1v) is 10.6. The molecule has 0 radical (unpaired) electrons. The van der Waals surface area contributed by atoms with Crippen molar-refractivity contribution >= 4 is 32.7 Å². The van der Waals surface area contributed by atoms with Crippen LogP contribution in [0.25, 0.3) is 55.1 Å². The second-order valence-electron chi connectivity index (χ2n) is 8.21. The first kappa shape index (κ1) is 17.9. The number of aryl methyl sites for hydroxylation is 2. The lowest BCUT2D eigenvalue weighted by Gasteiger charge is -2.05. The maximum atomic E-state index is 6.42. The molecular weight excluding hydrogens is 378 g/mol. The molecule has 0 N–H and O–H groups in total. The Kier molecular flexibility index (Phi) is 3.94. The second-order valence-corrected chi connectivity index (χ2v) is 8.21. The van der Waals surface area contributed by atoms with E-state index in [1.54, 1.807) is 0 Å². The Morgan fingerprint density at radius 1 is 0.677 bits per heavy atom. The summed E-state index contributed by atoms with van der Waals surface area (Å²) in [4.78, 5) is 0. The number of aromatic nitrogens is 1. The van der Waals surface area contributed by atoms with E-state index in [1.807, 2.05) is 6.07 Å². The molecule has 0 aliphatic carbocycles. The summed E-state index contributed by atoms with van der Waals surface area (Å²) in [7, 11) is 2.08. The molecule has 0 aliphatic rings. The zero-order valence-electron chi connectivity index (χ0n) is 17.6. The summed E-state index contributed by atoms with van der Waals surface area (Å²) in [6.07, 6.45) is 2.08. The Morgan fingerprint density at radius 3 is 2.32 bits per heavy atom. The van der Waals surface area contributed by atoms with Gasteiger partial charge in [-0.05, 0) is 58.7 Å². The van der Waals surface area contributed by atoms with Crippen LogP contribution in [0.4, 0.5) is 0 Å². The van der Waals surface area contributed by atoms with E-state index in [4.69, 9.17) is 4.42 Å². The Labute approximate surface area is 181 Å². The molecule has 6 rings (SSSR count). The summed E-state index contributed by atoms with van der Waals surface area (Å²) in [5.74, 6) is 0. The van der Waals surface area contributed by atoms with Crippen LogP contribution < -0.4 is 4.57 Å². The second kappa shape index (κ2) is 6.82. The number of hydrogen-bond acceptors (Lipinski definition) is 1. The zero-order valence-corrected chi connectivity index (χ0v) is 17.6. The van der Waals surface area contributed by atoms with Crippen molar-refractivity contribution in [1.29, 1.82) is 0 Å². The van der Waals surface area contributed by atoms with E-state index in [9.17, 15) is 0 Å². The van der Waals surface area contributed by atoms with E-state index in [0.717, 1.165) is 33.2 Å². The first-order chi connectivity index (χ1) is 15.2. The molecule has 148 valence electrons. The third-order valence-corrected chi connectivity index (χ3v) is 6.24. The number of benzene rings is 4.